The third kappa shape index (κ3) is 3.98. The molecule has 0 amide bonds. The molecule has 4 heteroatoms. The van der Waals surface area contributed by atoms with Gasteiger partial charge in [-0.1, -0.05) is 0 Å². The molecule has 4 nitrogen and oxygen atoms in total. The lowest BCUT2D eigenvalue weighted by Crippen LogP contribution is -2.01. The van der Waals surface area contributed by atoms with Crippen LogP contribution in [0.25, 0.3) is 0 Å². The van der Waals surface area contributed by atoms with Crippen LogP contribution >= 0.6 is 0 Å². The SMILES string of the molecule is COc1ccc(Oc2ccc(C(=O)c3ccc(OC)cc3)cc2)cc1. The lowest BCUT2D eigenvalue weighted by molar-refractivity contribution is 0.103. The molecule has 0 aromatic heterocycles. The van der Waals surface area contributed by atoms with Gasteiger partial charge in [-0.3, -0.25) is 4.79 Å². The molecule has 0 unspecified atom stereocenters. The van der Waals surface area contributed by atoms with Crippen molar-refractivity contribution in [1.29, 1.82) is 0 Å². The zero-order chi connectivity index (χ0) is 17.6. The Balaban J connectivity index is 1.71. The van der Waals surface area contributed by atoms with Crippen molar-refractivity contribution >= 4 is 5.78 Å². The molecule has 0 saturated heterocycles. The summed E-state index contributed by atoms with van der Waals surface area (Å²) in [6, 6.07) is 21.4. The highest BCUT2D eigenvalue weighted by Gasteiger charge is 2.09. The van der Waals surface area contributed by atoms with E-state index in [-0.39, 0.29) is 5.78 Å². The summed E-state index contributed by atoms with van der Waals surface area (Å²) in [5, 5.41) is 0. The molecule has 0 aliphatic carbocycles. The van der Waals surface area contributed by atoms with Gasteiger partial charge in [-0.25, -0.2) is 0 Å². The van der Waals surface area contributed by atoms with Crippen molar-refractivity contribution in [2.45, 2.75) is 0 Å². The van der Waals surface area contributed by atoms with Crippen LogP contribution in [0, 0.1) is 0 Å². The summed E-state index contributed by atoms with van der Waals surface area (Å²) < 4.78 is 16.0. The average molecular weight is 334 g/mol. The van der Waals surface area contributed by atoms with Crippen molar-refractivity contribution < 1.29 is 19.0 Å². The van der Waals surface area contributed by atoms with Crippen LogP contribution in [0.15, 0.2) is 72.8 Å². The molecule has 0 atom stereocenters. The minimum atomic E-state index is -0.0429. The number of ether oxygens (including phenoxy) is 3. The van der Waals surface area contributed by atoms with Crippen molar-refractivity contribution in [2.75, 3.05) is 14.2 Å². The Bertz CT molecular complexity index is 835. The standard InChI is InChI=1S/C21H18O4/c1-23-17-7-3-15(4-8-17)21(22)16-5-9-19(10-6-16)25-20-13-11-18(24-2)12-14-20/h3-14H,1-2H3. The molecule has 0 radical (unpaired) electrons. The summed E-state index contributed by atoms with van der Waals surface area (Å²) in [5.41, 5.74) is 1.22. The van der Waals surface area contributed by atoms with Crippen LogP contribution < -0.4 is 14.2 Å². The first-order valence-corrected chi connectivity index (χ1v) is 7.80. The van der Waals surface area contributed by atoms with Crippen molar-refractivity contribution in [1.82, 2.24) is 0 Å². The van der Waals surface area contributed by atoms with Gasteiger partial charge < -0.3 is 14.2 Å². The molecule has 0 saturated carbocycles. The molecule has 0 heterocycles. The second kappa shape index (κ2) is 7.53. The topological polar surface area (TPSA) is 44.8 Å². The Morgan fingerprint density at radius 3 is 1.28 bits per heavy atom. The summed E-state index contributed by atoms with van der Waals surface area (Å²) >= 11 is 0. The Morgan fingerprint density at radius 2 is 0.880 bits per heavy atom. The van der Waals surface area contributed by atoms with Gasteiger partial charge in [0.05, 0.1) is 14.2 Å². The predicted molar refractivity (Wildman–Crippen MR) is 95.9 cm³/mol. The predicted octanol–water partition coefficient (Wildman–Crippen LogP) is 4.73. The zero-order valence-corrected chi connectivity index (χ0v) is 14.1. The second-order valence-corrected chi connectivity index (χ2v) is 5.36. The highest BCUT2D eigenvalue weighted by atomic mass is 16.5. The minimum absolute atomic E-state index is 0.0429. The normalized spacial score (nSPS) is 10.2. The third-order valence-electron chi connectivity index (χ3n) is 3.76. The molecule has 3 rings (SSSR count). The van der Waals surface area contributed by atoms with Gasteiger partial charge >= 0.3 is 0 Å². The van der Waals surface area contributed by atoms with Crippen LogP contribution in [-0.2, 0) is 0 Å². The van der Waals surface area contributed by atoms with E-state index in [9.17, 15) is 4.79 Å². The molecule has 0 aliphatic rings. The Morgan fingerprint density at radius 1 is 0.560 bits per heavy atom. The number of methoxy groups -OCH3 is 2. The summed E-state index contributed by atoms with van der Waals surface area (Å²) in [5.74, 6) is 2.82. The van der Waals surface area contributed by atoms with E-state index in [4.69, 9.17) is 14.2 Å². The summed E-state index contributed by atoms with van der Waals surface area (Å²) in [4.78, 5) is 12.5. The number of benzene rings is 3. The number of rotatable bonds is 6. The van der Waals surface area contributed by atoms with Crippen LogP contribution in [-0.4, -0.2) is 20.0 Å². The highest BCUT2D eigenvalue weighted by Crippen LogP contribution is 2.24. The van der Waals surface area contributed by atoms with Gasteiger partial charge in [0.25, 0.3) is 0 Å². The fraction of sp³-hybridized carbons (Fsp3) is 0.0952. The van der Waals surface area contributed by atoms with Crippen molar-refractivity contribution in [3.8, 4) is 23.0 Å². The minimum Gasteiger partial charge on any atom is -0.497 e. The van der Waals surface area contributed by atoms with Crippen molar-refractivity contribution in [3.63, 3.8) is 0 Å². The summed E-state index contributed by atoms with van der Waals surface area (Å²) in [6.07, 6.45) is 0. The maximum Gasteiger partial charge on any atom is 0.193 e. The maximum absolute atomic E-state index is 12.5. The van der Waals surface area contributed by atoms with Crippen LogP contribution in [0.3, 0.4) is 0 Å². The van der Waals surface area contributed by atoms with E-state index in [1.165, 1.54) is 0 Å². The van der Waals surface area contributed by atoms with Gasteiger partial charge in [0, 0.05) is 11.1 Å². The van der Waals surface area contributed by atoms with E-state index in [0.29, 0.717) is 22.6 Å². The van der Waals surface area contributed by atoms with E-state index < -0.39 is 0 Å². The van der Waals surface area contributed by atoms with Crippen LogP contribution in [0.1, 0.15) is 15.9 Å². The fourth-order valence-corrected chi connectivity index (χ4v) is 2.36. The smallest absolute Gasteiger partial charge is 0.193 e. The number of carbonyl (C=O) groups excluding carboxylic acids is 1. The fourth-order valence-electron chi connectivity index (χ4n) is 2.36. The first-order chi connectivity index (χ1) is 12.2. The Hall–Kier alpha value is -3.27. The molecule has 0 spiro atoms. The molecule has 3 aromatic rings. The molecule has 0 fully saturated rings. The number of carbonyl (C=O) groups is 1. The number of ketones is 1. The van der Waals surface area contributed by atoms with E-state index in [2.05, 4.69) is 0 Å². The molecular weight excluding hydrogens is 316 g/mol. The summed E-state index contributed by atoms with van der Waals surface area (Å²) in [7, 11) is 3.22. The van der Waals surface area contributed by atoms with Crippen molar-refractivity contribution in [3.05, 3.63) is 83.9 Å². The average Bonchev–Trinajstić information content (AvgIpc) is 2.69. The molecule has 3 aromatic carbocycles. The lowest BCUT2D eigenvalue weighted by Gasteiger charge is -2.08. The quantitative estimate of drug-likeness (QED) is 0.612. The third-order valence-corrected chi connectivity index (χ3v) is 3.76. The summed E-state index contributed by atoms with van der Waals surface area (Å²) in [6.45, 7) is 0. The largest absolute Gasteiger partial charge is 0.497 e. The van der Waals surface area contributed by atoms with Gasteiger partial charge in [0.15, 0.2) is 5.78 Å². The molecule has 0 N–H and O–H groups in total. The van der Waals surface area contributed by atoms with Gasteiger partial charge in [0.1, 0.15) is 23.0 Å². The Labute approximate surface area is 146 Å². The van der Waals surface area contributed by atoms with Crippen LogP contribution in [0.2, 0.25) is 0 Å². The van der Waals surface area contributed by atoms with Gasteiger partial charge in [-0.15, -0.1) is 0 Å². The number of hydrogen-bond acceptors (Lipinski definition) is 4. The zero-order valence-electron chi connectivity index (χ0n) is 14.1. The lowest BCUT2D eigenvalue weighted by atomic mass is 10.0. The molecular formula is C21H18O4. The number of hydrogen-bond donors (Lipinski definition) is 0. The van der Waals surface area contributed by atoms with Crippen LogP contribution in [0.4, 0.5) is 0 Å². The first kappa shape index (κ1) is 16.6. The molecule has 126 valence electrons. The van der Waals surface area contributed by atoms with Gasteiger partial charge in [-0.2, -0.15) is 0 Å². The van der Waals surface area contributed by atoms with Crippen molar-refractivity contribution in [2.24, 2.45) is 0 Å². The van der Waals surface area contributed by atoms with E-state index in [0.717, 1.165) is 11.5 Å². The van der Waals surface area contributed by atoms with E-state index >= 15 is 0 Å². The molecule has 0 bridgehead atoms. The second-order valence-electron chi connectivity index (χ2n) is 5.36. The van der Waals surface area contributed by atoms with Crippen LogP contribution in [0.5, 0.6) is 23.0 Å². The molecule has 25 heavy (non-hydrogen) atoms. The van der Waals surface area contributed by atoms with E-state index in [1.807, 2.05) is 24.3 Å². The Kier molecular flexibility index (Phi) is 5.00. The maximum atomic E-state index is 12.5. The van der Waals surface area contributed by atoms with Gasteiger partial charge in [-0.05, 0) is 72.8 Å². The first-order valence-electron chi connectivity index (χ1n) is 7.80. The molecule has 0 aliphatic heterocycles. The van der Waals surface area contributed by atoms with Gasteiger partial charge in [0.2, 0.25) is 0 Å². The highest BCUT2D eigenvalue weighted by molar-refractivity contribution is 6.09. The monoisotopic (exact) mass is 334 g/mol. The van der Waals surface area contributed by atoms with E-state index in [1.54, 1.807) is 62.8 Å².